The molecule has 1 heterocycles. The number of halogens is 1. The molecule has 0 spiro atoms. The third-order valence-electron chi connectivity index (χ3n) is 2.97. The van der Waals surface area contributed by atoms with Crippen molar-refractivity contribution in [3.8, 4) is 0 Å². The minimum atomic E-state index is -0.0892. The Morgan fingerprint density at radius 3 is 3.00 bits per heavy atom. The predicted molar refractivity (Wildman–Crippen MR) is 77.1 cm³/mol. The normalized spacial score (nSPS) is 21.3. The van der Waals surface area contributed by atoms with Gasteiger partial charge in [0.05, 0.1) is 12.1 Å². The highest BCUT2D eigenvalue weighted by molar-refractivity contribution is 7.99. The molecule has 2 rings (SSSR count). The highest BCUT2D eigenvalue weighted by Crippen LogP contribution is 2.22. The van der Waals surface area contributed by atoms with Crippen molar-refractivity contribution < 1.29 is 4.79 Å². The summed E-state index contributed by atoms with van der Waals surface area (Å²) in [6, 6.07) is 7.44. The Morgan fingerprint density at radius 2 is 2.33 bits per heavy atom. The van der Waals surface area contributed by atoms with Crippen molar-refractivity contribution in [2.75, 3.05) is 18.1 Å². The second-order valence-corrected chi connectivity index (χ2v) is 5.89. The van der Waals surface area contributed by atoms with Crippen LogP contribution >= 0.6 is 23.4 Å². The monoisotopic (exact) mass is 284 g/mol. The lowest BCUT2D eigenvalue weighted by molar-refractivity contribution is -0.123. The Bertz CT molecular complexity index is 421. The van der Waals surface area contributed by atoms with E-state index in [0.29, 0.717) is 5.02 Å². The van der Waals surface area contributed by atoms with E-state index in [1.165, 1.54) is 0 Å². The third kappa shape index (κ3) is 3.40. The fraction of sp³-hybridized carbons (Fsp3) is 0.462. The lowest BCUT2D eigenvalue weighted by Crippen LogP contribution is -2.49. The first-order valence-corrected chi connectivity index (χ1v) is 7.57. The molecule has 1 aliphatic heterocycles. The van der Waals surface area contributed by atoms with Gasteiger partial charge in [-0.05, 0) is 18.6 Å². The van der Waals surface area contributed by atoms with Crippen molar-refractivity contribution in [2.45, 2.75) is 19.0 Å². The van der Waals surface area contributed by atoms with E-state index in [-0.39, 0.29) is 18.0 Å². The van der Waals surface area contributed by atoms with Gasteiger partial charge in [0.2, 0.25) is 5.91 Å². The molecule has 18 heavy (non-hydrogen) atoms. The Labute approximate surface area is 117 Å². The number of hydrogen-bond donors (Lipinski definition) is 2. The van der Waals surface area contributed by atoms with Gasteiger partial charge in [0.25, 0.3) is 0 Å². The van der Waals surface area contributed by atoms with Crippen LogP contribution in [0.25, 0.3) is 0 Å². The molecule has 98 valence electrons. The second-order valence-electron chi connectivity index (χ2n) is 4.33. The molecule has 2 atom stereocenters. The fourth-order valence-electron chi connectivity index (χ4n) is 1.95. The van der Waals surface area contributed by atoms with Gasteiger partial charge in [-0.15, -0.1) is 0 Å². The van der Waals surface area contributed by atoms with Crippen molar-refractivity contribution in [2.24, 2.45) is 0 Å². The number of hydrogen-bond acceptors (Lipinski definition) is 3. The number of amides is 1. The number of nitrogens with one attached hydrogen (secondary N) is 2. The number of rotatable bonds is 3. The molecule has 0 aliphatic carbocycles. The molecule has 1 aromatic carbocycles. The predicted octanol–water partition coefficient (Wildman–Crippen LogP) is 2.22. The topological polar surface area (TPSA) is 41.1 Å². The standard InChI is InChI=1S/C13H17ClN2OS/c1-9(10-4-2-3-5-11(10)14)16-13(17)12-8-18-7-6-15-12/h2-5,9,12,15H,6-8H2,1H3,(H,16,17)/t9-,12?/m1/s1. The van der Waals surface area contributed by atoms with Crippen molar-refractivity contribution in [1.82, 2.24) is 10.6 Å². The van der Waals surface area contributed by atoms with Crippen LogP contribution < -0.4 is 10.6 Å². The van der Waals surface area contributed by atoms with E-state index in [9.17, 15) is 4.79 Å². The fourth-order valence-corrected chi connectivity index (χ4v) is 3.18. The summed E-state index contributed by atoms with van der Waals surface area (Å²) < 4.78 is 0. The molecule has 0 radical (unpaired) electrons. The lowest BCUT2D eigenvalue weighted by Gasteiger charge is -2.24. The summed E-state index contributed by atoms with van der Waals surface area (Å²) >= 11 is 7.93. The summed E-state index contributed by atoms with van der Waals surface area (Å²) in [5, 5.41) is 6.92. The maximum absolute atomic E-state index is 12.1. The first-order chi connectivity index (χ1) is 8.68. The molecule has 0 saturated carbocycles. The summed E-state index contributed by atoms with van der Waals surface area (Å²) in [7, 11) is 0. The zero-order chi connectivity index (χ0) is 13.0. The van der Waals surface area contributed by atoms with Gasteiger partial charge in [0, 0.05) is 23.1 Å². The summed E-state index contributed by atoms with van der Waals surface area (Å²) in [5.74, 6) is 1.96. The third-order valence-corrected chi connectivity index (χ3v) is 4.37. The lowest BCUT2D eigenvalue weighted by atomic mass is 10.1. The smallest absolute Gasteiger partial charge is 0.238 e. The van der Waals surface area contributed by atoms with E-state index in [1.807, 2.05) is 43.0 Å². The van der Waals surface area contributed by atoms with Crippen molar-refractivity contribution in [3.05, 3.63) is 34.9 Å². The van der Waals surface area contributed by atoms with Gasteiger partial charge in [-0.2, -0.15) is 11.8 Å². The van der Waals surface area contributed by atoms with Crippen LogP contribution in [-0.2, 0) is 4.79 Å². The van der Waals surface area contributed by atoms with Crippen LogP contribution in [0.2, 0.25) is 5.02 Å². The molecule has 1 saturated heterocycles. The molecular weight excluding hydrogens is 268 g/mol. The highest BCUT2D eigenvalue weighted by Gasteiger charge is 2.22. The minimum Gasteiger partial charge on any atom is -0.348 e. The largest absolute Gasteiger partial charge is 0.348 e. The molecule has 1 aliphatic rings. The average molecular weight is 285 g/mol. The number of thioether (sulfide) groups is 1. The van der Waals surface area contributed by atoms with Crippen LogP contribution in [-0.4, -0.2) is 30.0 Å². The van der Waals surface area contributed by atoms with Gasteiger partial charge >= 0.3 is 0 Å². The van der Waals surface area contributed by atoms with Crippen LogP contribution in [0, 0.1) is 0 Å². The molecule has 1 unspecified atom stereocenters. The molecule has 1 aromatic rings. The molecule has 1 amide bonds. The summed E-state index contributed by atoms with van der Waals surface area (Å²) in [4.78, 5) is 12.1. The average Bonchev–Trinajstić information content (AvgIpc) is 2.40. The van der Waals surface area contributed by atoms with Crippen LogP contribution in [0.4, 0.5) is 0 Å². The molecule has 1 fully saturated rings. The van der Waals surface area contributed by atoms with Crippen LogP contribution in [0.3, 0.4) is 0 Å². The van der Waals surface area contributed by atoms with E-state index in [1.54, 1.807) is 0 Å². The van der Waals surface area contributed by atoms with E-state index in [0.717, 1.165) is 23.6 Å². The van der Waals surface area contributed by atoms with Gasteiger partial charge in [0.1, 0.15) is 0 Å². The molecular formula is C13H17ClN2OS. The molecule has 5 heteroatoms. The van der Waals surface area contributed by atoms with Crippen molar-refractivity contribution in [3.63, 3.8) is 0 Å². The van der Waals surface area contributed by atoms with Gasteiger partial charge in [-0.1, -0.05) is 29.8 Å². The minimum absolute atomic E-state index is 0.0506. The molecule has 0 aromatic heterocycles. The van der Waals surface area contributed by atoms with E-state index < -0.39 is 0 Å². The van der Waals surface area contributed by atoms with Gasteiger partial charge in [0.15, 0.2) is 0 Å². The Morgan fingerprint density at radius 1 is 1.56 bits per heavy atom. The maximum atomic E-state index is 12.1. The zero-order valence-electron chi connectivity index (χ0n) is 10.3. The number of benzene rings is 1. The van der Waals surface area contributed by atoms with Crippen molar-refractivity contribution in [1.29, 1.82) is 0 Å². The van der Waals surface area contributed by atoms with Gasteiger partial charge in [-0.25, -0.2) is 0 Å². The first kappa shape index (κ1) is 13.7. The van der Waals surface area contributed by atoms with Crippen LogP contribution in [0.15, 0.2) is 24.3 Å². The van der Waals surface area contributed by atoms with Crippen LogP contribution in [0.5, 0.6) is 0 Å². The molecule has 3 nitrogen and oxygen atoms in total. The van der Waals surface area contributed by atoms with E-state index >= 15 is 0 Å². The summed E-state index contributed by atoms with van der Waals surface area (Å²) in [6.45, 7) is 2.85. The summed E-state index contributed by atoms with van der Waals surface area (Å²) in [6.07, 6.45) is 0. The van der Waals surface area contributed by atoms with Crippen LogP contribution in [0.1, 0.15) is 18.5 Å². The number of carbonyl (C=O) groups excluding carboxylic acids is 1. The molecule has 0 bridgehead atoms. The van der Waals surface area contributed by atoms with E-state index in [2.05, 4.69) is 10.6 Å². The number of carbonyl (C=O) groups is 1. The SMILES string of the molecule is C[C@@H](NC(=O)C1CSCCN1)c1ccccc1Cl. The summed E-state index contributed by atoms with van der Waals surface area (Å²) in [5.41, 5.74) is 0.955. The van der Waals surface area contributed by atoms with Gasteiger partial charge < -0.3 is 10.6 Å². The quantitative estimate of drug-likeness (QED) is 0.894. The first-order valence-electron chi connectivity index (χ1n) is 6.04. The zero-order valence-corrected chi connectivity index (χ0v) is 11.9. The Balaban J connectivity index is 1.96. The Hall–Kier alpha value is -0.710. The molecule has 2 N–H and O–H groups in total. The van der Waals surface area contributed by atoms with Gasteiger partial charge in [-0.3, -0.25) is 4.79 Å². The van der Waals surface area contributed by atoms with E-state index in [4.69, 9.17) is 11.6 Å². The van der Waals surface area contributed by atoms with Crippen molar-refractivity contribution >= 4 is 29.3 Å². The highest BCUT2D eigenvalue weighted by atomic mass is 35.5. The Kier molecular flexibility index (Phi) is 4.92. The maximum Gasteiger partial charge on any atom is 0.238 e. The second kappa shape index (κ2) is 6.45.